The zero-order chi connectivity index (χ0) is 20.3. The molecule has 1 saturated heterocycles. The van der Waals surface area contributed by atoms with Crippen LogP contribution in [0.25, 0.3) is 33.3 Å². The van der Waals surface area contributed by atoms with E-state index in [9.17, 15) is 5.11 Å². The van der Waals surface area contributed by atoms with Crippen molar-refractivity contribution in [2.24, 2.45) is 0 Å². The van der Waals surface area contributed by atoms with Crippen molar-refractivity contribution in [3.8, 4) is 22.4 Å². The second-order valence-electron chi connectivity index (χ2n) is 8.03. The van der Waals surface area contributed by atoms with Gasteiger partial charge in [0.05, 0.1) is 17.3 Å². The van der Waals surface area contributed by atoms with E-state index in [-0.39, 0.29) is 6.04 Å². The van der Waals surface area contributed by atoms with Crippen LogP contribution in [0.1, 0.15) is 30.9 Å². The van der Waals surface area contributed by atoms with Crippen molar-refractivity contribution in [2.75, 3.05) is 6.54 Å². The lowest BCUT2D eigenvalue weighted by Crippen LogP contribution is -2.38. The van der Waals surface area contributed by atoms with E-state index in [4.69, 9.17) is 4.98 Å². The van der Waals surface area contributed by atoms with Gasteiger partial charge in [0.15, 0.2) is 0 Å². The summed E-state index contributed by atoms with van der Waals surface area (Å²) in [5, 5.41) is 15.9. The highest BCUT2D eigenvalue weighted by Gasteiger charge is 2.25. The molecule has 4 aromatic rings. The molecule has 1 aliphatic heterocycles. The molecule has 2 atom stereocenters. The third-order valence-corrected chi connectivity index (χ3v) is 6.07. The minimum absolute atomic E-state index is 0.0772. The van der Waals surface area contributed by atoms with Crippen molar-refractivity contribution in [3.05, 3.63) is 90.5 Å². The molecule has 30 heavy (non-hydrogen) atoms. The maximum absolute atomic E-state index is 11.4. The fourth-order valence-corrected chi connectivity index (χ4v) is 4.49. The number of aliphatic hydroxyl groups is 1. The molecule has 3 aromatic carbocycles. The summed E-state index contributed by atoms with van der Waals surface area (Å²) in [5.41, 5.74) is 6.09. The molecule has 150 valence electrons. The Balaban J connectivity index is 1.73. The highest BCUT2D eigenvalue weighted by molar-refractivity contribution is 5.97. The lowest BCUT2D eigenvalue weighted by atomic mass is 9.90. The second-order valence-corrected chi connectivity index (χ2v) is 8.03. The summed E-state index contributed by atoms with van der Waals surface area (Å²) in [6, 6.07) is 29.0. The van der Waals surface area contributed by atoms with Crippen LogP contribution in [-0.4, -0.2) is 22.7 Å². The molecule has 0 spiro atoms. The van der Waals surface area contributed by atoms with Gasteiger partial charge < -0.3 is 10.4 Å². The van der Waals surface area contributed by atoms with Crippen LogP contribution >= 0.6 is 0 Å². The molecule has 0 saturated carbocycles. The number of nitrogens with zero attached hydrogens (tertiary/aromatic N) is 1. The van der Waals surface area contributed by atoms with Crippen molar-refractivity contribution in [2.45, 2.75) is 31.4 Å². The van der Waals surface area contributed by atoms with Crippen molar-refractivity contribution >= 4 is 10.9 Å². The topological polar surface area (TPSA) is 45.2 Å². The van der Waals surface area contributed by atoms with Crippen LogP contribution in [0.3, 0.4) is 0 Å². The molecule has 5 rings (SSSR count). The van der Waals surface area contributed by atoms with Gasteiger partial charge in [0, 0.05) is 22.6 Å². The number of benzene rings is 3. The molecule has 2 heterocycles. The molecule has 0 radical (unpaired) electrons. The van der Waals surface area contributed by atoms with Gasteiger partial charge in [-0.2, -0.15) is 0 Å². The van der Waals surface area contributed by atoms with Gasteiger partial charge in [-0.3, -0.25) is 0 Å². The molecule has 1 fully saturated rings. The van der Waals surface area contributed by atoms with Gasteiger partial charge in [-0.1, -0.05) is 85.3 Å². The number of rotatable bonds is 4. The standard InChI is InChI=1S/C27H26N2O/c30-27(24-16-7-8-17-28-24)23-18-25(20-12-5-2-6-13-20)29-26-21(14-9-15-22(23)26)19-10-3-1-4-11-19/h1-6,9-15,18,24,27-28,30H,7-8,16-17H2. The van der Waals surface area contributed by atoms with Gasteiger partial charge in [-0.15, -0.1) is 0 Å². The number of pyridine rings is 1. The summed E-state index contributed by atoms with van der Waals surface area (Å²) in [6.45, 7) is 0.964. The predicted octanol–water partition coefficient (Wildman–Crippen LogP) is 5.74. The van der Waals surface area contributed by atoms with Gasteiger partial charge in [-0.25, -0.2) is 4.98 Å². The first kappa shape index (κ1) is 19.0. The van der Waals surface area contributed by atoms with Crippen LogP contribution in [0.5, 0.6) is 0 Å². The Bertz CT molecular complexity index is 1140. The fraction of sp³-hybridized carbons (Fsp3) is 0.222. The number of hydrogen-bond acceptors (Lipinski definition) is 3. The normalized spacial score (nSPS) is 17.7. The van der Waals surface area contributed by atoms with Crippen LogP contribution in [0.4, 0.5) is 0 Å². The number of hydrogen-bond donors (Lipinski definition) is 2. The molecule has 2 N–H and O–H groups in total. The lowest BCUT2D eigenvalue weighted by molar-refractivity contribution is 0.115. The minimum atomic E-state index is -0.565. The van der Waals surface area contributed by atoms with E-state index in [2.05, 4.69) is 66.0 Å². The van der Waals surface area contributed by atoms with Crippen molar-refractivity contribution in [1.29, 1.82) is 0 Å². The third kappa shape index (κ3) is 3.62. The highest BCUT2D eigenvalue weighted by Crippen LogP contribution is 2.36. The minimum Gasteiger partial charge on any atom is -0.387 e. The smallest absolute Gasteiger partial charge is 0.0950 e. The largest absolute Gasteiger partial charge is 0.387 e. The second kappa shape index (κ2) is 8.39. The van der Waals surface area contributed by atoms with E-state index in [1.165, 1.54) is 6.42 Å². The predicted molar refractivity (Wildman–Crippen MR) is 123 cm³/mol. The Kier molecular flexibility index (Phi) is 5.31. The van der Waals surface area contributed by atoms with Crippen molar-refractivity contribution in [3.63, 3.8) is 0 Å². The summed E-state index contributed by atoms with van der Waals surface area (Å²) in [6.07, 6.45) is 2.75. The van der Waals surface area contributed by atoms with Crippen LogP contribution < -0.4 is 5.32 Å². The van der Waals surface area contributed by atoms with E-state index in [1.807, 2.05) is 24.3 Å². The highest BCUT2D eigenvalue weighted by atomic mass is 16.3. The lowest BCUT2D eigenvalue weighted by Gasteiger charge is -2.29. The van der Waals surface area contributed by atoms with E-state index in [1.54, 1.807) is 0 Å². The molecule has 0 amide bonds. The van der Waals surface area contributed by atoms with Crippen LogP contribution in [-0.2, 0) is 0 Å². The Morgan fingerprint density at radius 3 is 2.27 bits per heavy atom. The van der Waals surface area contributed by atoms with Gasteiger partial charge >= 0.3 is 0 Å². The Morgan fingerprint density at radius 1 is 0.833 bits per heavy atom. The van der Waals surface area contributed by atoms with E-state index in [0.717, 1.165) is 58.2 Å². The van der Waals surface area contributed by atoms with E-state index in [0.29, 0.717) is 0 Å². The molecule has 0 bridgehead atoms. The fourth-order valence-electron chi connectivity index (χ4n) is 4.49. The number of fused-ring (bicyclic) bond motifs is 1. The van der Waals surface area contributed by atoms with Gasteiger partial charge in [0.25, 0.3) is 0 Å². The molecule has 1 aliphatic rings. The SMILES string of the molecule is OC(c1cc(-c2ccccc2)nc2c(-c3ccccc3)cccc12)C1CCCCN1. The first-order valence-electron chi connectivity index (χ1n) is 10.8. The monoisotopic (exact) mass is 394 g/mol. The number of aromatic nitrogens is 1. The van der Waals surface area contributed by atoms with Gasteiger partial charge in [0.2, 0.25) is 0 Å². The summed E-state index contributed by atoms with van der Waals surface area (Å²) in [4.78, 5) is 5.08. The maximum Gasteiger partial charge on any atom is 0.0950 e. The maximum atomic E-state index is 11.4. The van der Waals surface area contributed by atoms with Gasteiger partial charge in [0.1, 0.15) is 0 Å². The summed E-state index contributed by atoms with van der Waals surface area (Å²) >= 11 is 0. The van der Waals surface area contributed by atoms with E-state index >= 15 is 0 Å². The Hall–Kier alpha value is -3.01. The first-order valence-corrected chi connectivity index (χ1v) is 10.8. The quantitative estimate of drug-likeness (QED) is 0.464. The number of nitrogens with one attached hydrogen (secondary N) is 1. The zero-order valence-corrected chi connectivity index (χ0v) is 17.0. The summed E-state index contributed by atoms with van der Waals surface area (Å²) in [5.74, 6) is 0. The third-order valence-electron chi connectivity index (χ3n) is 6.07. The van der Waals surface area contributed by atoms with Crippen LogP contribution in [0.15, 0.2) is 84.9 Å². The van der Waals surface area contributed by atoms with Crippen molar-refractivity contribution in [1.82, 2.24) is 10.3 Å². The molecular weight excluding hydrogens is 368 g/mol. The zero-order valence-electron chi connectivity index (χ0n) is 17.0. The first-order chi connectivity index (χ1) is 14.8. The molecule has 1 aromatic heterocycles. The Morgan fingerprint density at radius 2 is 1.57 bits per heavy atom. The van der Waals surface area contributed by atoms with Gasteiger partial charge in [-0.05, 0) is 36.6 Å². The average Bonchev–Trinajstić information content (AvgIpc) is 2.84. The summed E-state index contributed by atoms with van der Waals surface area (Å²) in [7, 11) is 0. The van der Waals surface area contributed by atoms with Crippen LogP contribution in [0.2, 0.25) is 0 Å². The molecule has 0 aliphatic carbocycles. The molecule has 3 heteroatoms. The van der Waals surface area contributed by atoms with Crippen molar-refractivity contribution < 1.29 is 5.11 Å². The average molecular weight is 395 g/mol. The van der Waals surface area contributed by atoms with Crippen LogP contribution in [0, 0.1) is 0 Å². The Labute approximate surface area is 177 Å². The number of piperidine rings is 1. The molecule has 3 nitrogen and oxygen atoms in total. The van der Waals surface area contributed by atoms with E-state index < -0.39 is 6.10 Å². The number of para-hydroxylation sites is 1. The molecular formula is C27H26N2O. The number of aliphatic hydroxyl groups excluding tert-OH is 1. The molecule has 2 unspecified atom stereocenters. The summed E-state index contributed by atoms with van der Waals surface area (Å²) < 4.78 is 0.